The smallest absolute Gasteiger partial charge is 0.0724 e. The second kappa shape index (κ2) is 10.5. The largest absolute Gasteiger partial charge is 0.307 e. The molecule has 0 saturated carbocycles. The maximum absolute atomic E-state index is 6.84. The molecule has 10 rings (SSSR count). The van der Waals surface area contributed by atoms with Crippen LogP contribution >= 0.6 is 11.6 Å². The first kappa shape index (κ1) is 27.2. The first-order valence-electron chi connectivity index (χ1n) is 16.2. The molecule has 2 nitrogen and oxygen atoms in total. The summed E-state index contributed by atoms with van der Waals surface area (Å²) < 4.78 is 2.36. The van der Waals surface area contributed by atoms with E-state index in [4.69, 9.17) is 11.6 Å². The molecule has 0 spiro atoms. The van der Waals surface area contributed by atoms with Crippen molar-refractivity contribution in [3.8, 4) is 27.9 Å². The van der Waals surface area contributed by atoms with Gasteiger partial charge in [-0.1, -0.05) is 133 Å². The summed E-state index contributed by atoms with van der Waals surface area (Å²) in [6, 6.07) is 54.6. The average Bonchev–Trinajstić information content (AvgIpc) is 3.48. The van der Waals surface area contributed by atoms with E-state index < -0.39 is 0 Å². The van der Waals surface area contributed by atoms with E-state index >= 15 is 0 Å². The second-order valence-corrected chi connectivity index (χ2v) is 12.9. The van der Waals surface area contributed by atoms with Gasteiger partial charge in [-0.05, 0) is 90.3 Å². The molecule has 0 amide bonds. The van der Waals surface area contributed by atoms with E-state index in [9.17, 15) is 0 Å². The Morgan fingerprint density at radius 2 is 1.02 bits per heavy atom. The molecule has 0 unspecified atom stereocenters. The highest BCUT2D eigenvalue weighted by Crippen LogP contribution is 2.48. The van der Waals surface area contributed by atoms with Crippen LogP contribution < -0.4 is 0 Å². The molecule has 0 aliphatic heterocycles. The van der Waals surface area contributed by atoms with Gasteiger partial charge in [-0.3, -0.25) is 4.98 Å². The minimum absolute atomic E-state index is 0.724. The third-order valence-corrected chi connectivity index (χ3v) is 10.2. The number of benzene rings is 8. The molecule has 10 aromatic rings. The number of para-hydroxylation sites is 1. The Morgan fingerprint density at radius 1 is 0.417 bits per heavy atom. The first-order valence-corrected chi connectivity index (χ1v) is 16.6. The molecule has 0 aliphatic rings. The minimum atomic E-state index is 0.724. The maximum atomic E-state index is 6.84. The Labute approximate surface area is 282 Å². The summed E-state index contributed by atoms with van der Waals surface area (Å²) in [6.07, 6.45) is 3.86. The van der Waals surface area contributed by atoms with E-state index in [1.54, 1.807) is 0 Å². The molecule has 3 heteroatoms. The Kier molecular flexibility index (Phi) is 5.96. The standard InChI is InChI=1S/C45H27ClN2/c46-29-20-21-39-40(26-29)45(37-17-6-5-16-36(37)44(39)35-18-9-11-28-10-1-2-12-30(28)35)38-22-23-42(32-14-4-3-13-31(32)38)48-41-19-8-7-15-33(41)34-24-25-47-27-43(34)48/h1-27H. The summed E-state index contributed by atoms with van der Waals surface area (Å²) in [6.45, 7) is 0. The van der Waals surface area contributed by atoms with Crippen LogP contribution in [-0.2, 0) is 0 Å². The van der Waals surface area contributed by atoms with Gasteiger partial charge in [-0.2, -0.15) is 0 Å². The molecule has 0 saturated heterocycles. The van der Waals surface area contributed by atoms with Crippen LogP contribution in [0, 0.1) is 0 Å². The van der Waals surface area contributed by atoms with Gasteiger partial charge in [0.25, 0.3) is 0 Å². The molecule has 8 aromatic carbocycles. The SMILES string of the molecule is Clc1ccc2c(-c3cccc4ccccc34)c3ccccc3c(-c3ccc(-n4c5ccccc5c5ccncc54)c4ccccc34)c2c1. The number of hydrogen-bond donors (Lipinski definition) is 0. The normalized spacial score (nSPS) is 11.9. The molecule has 0 bridgehead atoms. The van der Waals surface area contributed by atoms with E-state index in [-0.39, 0.29) is 0 Å². The van der Waals surface area contributed by atoms with Gasteiger partial charge in [0.2, 0.25) is 0 Å². The van der Waals surface area contributed by atoms with Gasteiger partial charge in [0.1, 0.15) is 0 Å². The predicted octanol–water partition coefficient (Wildman–Crippen LogP) is 12.8. The highest BCUT2D eigenvalue weighted by atomic mass is 35.5. The number of rotatable bonds is 3. The molecule has 224 valence electrons. The van der Waals surface area contributed by atoms with Gasteiger partial charge in [-0.15, -0.1) is 0 Å². The van der Waals surface area contributed by atoms with E-state index in [2.05, 4.69) is 155 Å². The van der Waals surface area contributed by atoms with Crippen LogP contribution in [0.4, 0.5) is 0 Å². The molecule has 0 N–H and O–H groups in total. The lowest BCUT2D eigenvalue weighted by Crippen LogP contribution is -1.97. The van der Waals surface area contributed by atoms with E-state index in [0.29, 0.717) is 0 Å². The van der Waals surface area contributed by atoms with E-state index in [0.717, 1.165) is 21.6 Å². The average molecular weight is 631 g/mol. The zero-order chi connectivity index (χ0) is 31.8. The summed E-state index contributed by atoms with van der Waals surface area (Å²) in [5.74, 6) is 0. The van der Waals surface area contributed by atoms with Crippen molar-refractivity contribution in [1.82, 2.24) is 9.55 Å². The molecule has 0 atom stereocenters. The number of hydrogen-bond acceptors (Lipinski definition) is 1. The molecule has 48 heavy (non-hydrogen) atoms. The molecule has 2 heterocycles. The van der Waals surface area contributed by atoms with Crippen LogP contribution in [0.5, 0.6) is 0 Å². The fraction of sp³-hybridized carbons (Fsp3) is 0. The lowest BCUT2D eigenvalue weighted by molar-refractivity contribution is 1.18. The maximum Gasteiger partial charge on any atom is 0.0724 e. The van der Waals surface area contributed by atoms with E-state index in [1.165, 1.54) is 76.2 Å². The second-order valence-electron chi connectivity index (χ2n) is 12.4. The van der Waals surface area contributed by atoms with Crippen molar-refractivity contribution >= 4 is 76.5 Å². The highest BCUT2D eigenvalue weighted by Gasteiger charge is 2.21. The van der Waals surface area contributed by atoms with Gasteiger partial charge in [0.05, 0.1) is 22.9 Å². The topological polar surface area (TPSA) is 17.8 Å². The van der Waals surface area contributed by atoms with Crippen molar-refractivity contribution in [1.29, 1.82) is 0 Å². The number of halogens is 1. The summed E-state index contributed by atoms with van der Waals surface area (Å²) in [4.78, 5) is 4.53. The quantitative estimate of drug-likeness (QED) is 0.178. The number of fused-ring (bicyclic) bond motifs is 7. The van der Waals surface area contributed by atoms with Gasteiger partial charge in [-0.25, -0.2) is 0 Å². The summed E-state index contributed by atoms with van der Waals surface area (Å²) >= 11 is 6.84. The highest BCUT2D eigenvalue weighted by molar-refractivity contribution is 6.33. The minimum Gasteiger partial charge on any atom is -0.307 e. The molecular weight excluding hydrogens is 604 g/mol. The van der Waals surface area contributed by atoms with Gasteiger partial charge >= 0.3 is 0 Å². The zero-order valence-corrected chi connectivity index (χ0v) is 26.6. The van der Waals surface area contributed by atoms with Gasteiger partial charge < -0.3 is 4.57 Å². The molecule has 0 aliphatic carbocycles. The Hall–Kier alpha value is -5.96. The first-order chi connectivity index (χ1) is 23.8. The lowest BCUT2D eigenvalue weighted by atomic mass is 9.83. The molecule has 0 fully saturated rings. The van der Waals surface area contributed by atoms with Crippen LogP contribution in [-0.4, -0.2) is 9.55 Å². The zero-order valence-electron chi connectivity index (χ0n) is 25.9. The number of nitrogens with zero attached hydrogens (tertiary/aromatic N) is 2. The Balaban J connectivity index is 1.33. The van der Waals surface area contributed by atoms with Crippen LogP contribution in [0.1, 0.15) is 0 Å². The third-order valence-electron chi connectivity index (χ3n) is 9.93. The van der Waals surface area contributed by atoms with Crippen LogP contribution in [0.25, 0.3) is 92.8 Å². The summed E-state index contributed by atoms with van der Waals surface area (Å²) in [5.41, 5.74) is 8.23. The van der Waals surface area contributed by atoms with Crippen LogP contribution in [0.3, 0.4) is 0 Å². The monoisotopic (exact) mass is 630 g/mol. The van der Waals surface area contributed by atoms with Gasteiger partial charge in [0.15, 0.2) is 0 Å². The van der Waals surface area contributed by atoms with E-state index in [1.807, 2.05) is 18.5 Å². The van der Waals surface area contributed by atoms with Gasteiger partial charge in [0, 0.05) is 27.4 Å². The van der Waals surface area contributed by atoms with Crippen molar-refractivity contribution < 1.29 is 0 Å². The van der Waals surface area contributed by atoms with Crippen LogP contribution in [0.15, 0.2) is 164 Å². The summed E-state index contributed by atoms with van der Waals surface area (Å²) in [7, 11) is 0. The van der Waals surface area contributed by atoms with Crippen molar-refractivity contribution in [3.05, 3.63) is 169 Å². The third kappa shape index (κ3) is 3.90. The lowest BCUT2D eigenvalue weighted by Gasteiger charge is -2.21. The fourth-order valence-corrected chi connectivity index (χ4v) is 8.12. The van der Waals surface area contributed by atoms with Crippen molar-refractivity contribution in [2.75, 3.05) is 0 Å². The van der Waals surface area contributed by atoms with Crippen LogP contribution in [0.2, 0.25) is 5.02 Å². The number of pyridine rings is 1. The fourth-order valence-electron chi connectivity index (χ4n) is 7.95. The number of aromatic nitrogens is 2. The van der Waals surface area contributed by atoms with Crippen molar-refractivity contribution in [3.63, 3.8) is 0 Å². The molecular formula is C45H27ClN2. The molecule has 2 aromatic heterocycles. The predicted molar refractivity (Wildman–Crippen MR) is 204 cm³/mol. The Morgan fingerprint density at radius 3 is 1.85 bits per heavy atom. The Bertz CT molecular complexity index is 2860. The summed E-state index contributed by atoms with van der Waals surface area (Å²) in [5, 5.41) is 12.7. The molecule has 0 radical (unpaired) electrons. The van der Waals surface area contributed by atoms with Crippen molar-refractivity contribution in [2.45, 2.75) is 0 Å². The van der Waals surface area contributed by atoms with Crippen molar-refractivity contribution in [2.24, 2.45) is 0 Å².